The molecule has 14 heavy (non-hydrogen) atoms. The van der Waals surface area contributed by atoms with Gasteiger partial charge in [-0.1, -0.05) is 18.2 Å². The molecule has 0 bridgehead atoms. The molecule has 5 heteroatoms. The number of hydrogen-bond donors (Lipinski definition) is 1. The highest BCUT2D eigenvalue weighted by Crippen LogP contribution is 2.32. The summed E-state index contributed by atoms with van der Waals surface area (Å²) in [6.45, 7) is 2.19. The zero-order valence-corrected chi connectivity index (χ0v) is 9.42. The molecule has 0 fully saturated rings. The predicted octanol–water partition coefficient (Wildman–Crippen LogP) is 1.47. The number of hydrogen-bond acceptors (Lipinski definition) is 3. The van der Waals surface area contributed by atoms with Crippen LogP contribution in [0.25, 0.3) is 0 Å². The monoisotopic (exact) mass is 229 g/mol. The Morgan fingerprint density at radius 3 is 2.64 bits per heavy atom. The van der Waals surface area contributed by atoms with Crippen molar-refractivity contribution in [2.75, 3.05) is 0 Å². The molecule has 0 N–H and O–H groups in total. The molecule has 0 aliphatic carbocycles. The maximum absolute atomic E-state index is 11.9. The summed E-state index contributed by atoms with van der Waals surface area (Å²) in [6.07, 6.45) is 0. The fourth-order valence-corrected chi connectivity index (χ4v) is 3.73. The first-order valence-electron chi connectivity index (χ1n) is 4.31. The third-order valence-corrected chi connectivity index (χ3v) is 4.75. The van der Waals surface area contributed by atoms with Gasteiger partial charge in [0.1, 0.15) is 0 Å². The minimum absolute atomic E-state index is 0.285. The van der Waals surface area contributed by atoms with E-state index < -0.39 is 10.0 Å². The number of nitrogens with zero attached hydrogens (tertiary/aromatic N) is 1. The van der Waals surface area contributed by atoms with Crippen LogP contribution >= 0.6 is 12.6 Å². The Balaban J connectivity index is 2.57. The molecule has 1 aliphatic rings. The topological polar surface area (TPSA) is 37.4 Å². The molecule has 2 rings (SSSR count). The zero-order chi connectivity index (χ0) is 10.3. The molecule has 0 aromatic heterocycles. The molecule has 0 amide bonds. The fourth-order valence-electron chi connectivity index (χ4n) is 1.60. The molecule has 76 valence electrons. The van der Waals surface area contributed by atoms with Crippen LogP contribution in [-0.2, 0) is 16.6 Å². The van der Waals surface area contributed by atoms with Crippen LogP contribution in [0.3, 0.4) is 0 Å². The zero-order valence-electron chi connectivity index (χ0n) is 7.71. The number of sulfonamides is 1. The summed E-state index contributed by atoms with van der Waals surface area (Å²) in [4.78, 5) is 0.418. The Morgan fingerprint density at radius 2 is 2.07 bits per heavy atom. The van der Waals surface area contributed by atoms with Gasteiger partial charge >= 0.3 is 0 Å². The second-order valence-corrected chi connectivity index (χ2v) is 5.90. The molecule has 1 unspecified atom stereocenters. The van der Waals surface area contributed by atoms with Gasteiger partial charge in [-0.3, -0.25) is 0 Å². The van der Waals surface area contributed by atoms with Gasteiger partial charge in [-0.05, 0) is 18.6 Å². The van der Waals surface area contributed by atoms with Gasteiger partial charge in [-0.15, -0.1) is 0 Å². The summed E-state index contributed by atoms with van der Waals surface area (Å²) in [7, 11) is -3.29. The van der Waals surface area contributed by atoms with Crippen molar-refractivity contribution in [1.29, 1.82) is 0 Å². The van der Waals surface area contributed by atoms with Crippen molar-refractivity contribution in [3.63, 3.8) is 0 Å². The van der Waals surface area contributed by atoms with E-state index in [1.54, 1.807) is 19.1 Å². The summed E-state index contributed by atoms with van der Waals surface area (Å²) in [5, 5.41) is -0.285. The third kappa shape index (κ3) is 1.36. The van der Waals surface area contributed by atoms with Crippen LogP contribution in [0.1, 0.15) is 12.5 Å². The van der Waals surface area contributed by atoms with Crippen molar-refractivity contribution in [3.8, 4) is 0 Å². The molecule has 1 atom stereocenters. The quantitative estimate of drug-likeness (QED) is 0.740. The van der Waals surface area contributed by atoms with Crippen LogP contribution in [0.4, 0.5) is 0 Å². The molecular weight excluding hydrogens is 218 g/mol. The summed E-state index contributed by atoms with van der Waals surface area (Å²) in [5.74, 6) is 0. The lowest BCUT2D eigenvalue weighted by Gasteiger charge is -2.17. The Bertz CT molecular complexity index is 454. The highest BCUT2D eigenvalue weighted by Gasteiger charge is 2.35. The summed E-state index contributed by atoms with van der Waals surface area (Å²) < 4.78 is 25.2. The second kappa shape index (κ2) is 3.25. The van der Waals surface area contributed by atoms with Crippen LogP contribution in [0.15, 0.2) is 29.2 Å². The van der Waals surface area contributed by atoms with Gasteiger partial charge in [-0.25, -0.2) is 8.42 Å². The van der Waals surface area contributed by atoms with Crippen LogP contribution in [0.2, 0.25) is 0 Å². The first kappa shape index (κ1) is 10.0. The summed E-state index contributed by atoms with van der Waals surface area (Å²) in [5.41, 5.74) is 0.855. The van der Waals surface area contributed by atoms with Gasteiger partial charge in [-0.2, -0.15) is 16.9 Å². The molecule has 1 aromatic carbocycles. The van der Waals surface area contributed by atoms with Crippen LogP contribution < -0.4 is 0 Å². The van der Waals surface area contributed by atoms with E-state index in [1.165, 1.54) is 4.31 Å². The molecule has 1 heterocycles. The SMILES string of the molecule is CC(S)N1Cc2ccccc2S1(=O)=O. The van der Waals surface area contributed by atoms with E-state index in [9.17, 15) is 8.42 Å². The number of rotatable bonds is 1. The molecule has 0 radical (unpaired) electrons. The van der Waals surface area contributed by atoms with E-state index >= 15 is 0 Å². The first-order chi connectivity index (χ1) is 6.53. The Kier molecular flexibility index (Phi) is 2.33. The Morgan fingerprint density at radius 1 is 1.43 bits per heavy atom. The second-order valence-electron chi connectivity index (χ2n) is 3.29. The molecule has 0 saturated carbocycles. The van der Waals surface area contributed by atoms with E-state index in [2.05, 4.69) is 12.6 Å². The van der Waals surface area contributed by atoms with Gasteiger partial charge < -0.3 is 0 Å². The number of benzene rings is 1. The van der Waals surface area contributed by atoms with Crippen LogP contribution in [-0.4, -0.2) is 18.1 Å². The van der Waals surface area contributed by atoms with Crippen molar-refractivity contribution in [2.45, 2.75) is 23.7 Å². The van der Waals surface area contributed by atoms with Gasteiger partial charge in [0.05, 0.1) is 10.3 Å². The van der Waals surface area contributed by atoms with Gasteiger partial charge in [0.15, 0.2) is 0 Å². The maximum atomic E-state index is 11.9. The van der Waals surface area contributed by atoms with Crippen LogP contribution in [0.5, 0.6) is 0 Å². The lowest BCUT2D eigenvalue weighted by Crippen LogP contribution is -2.29. The van der Waals surface area contributed by atoms with E-state index in [4.69, 9.17) is 0 Å². The fraction of sp³-hybridized carbons (Fsp3) is 0.333. The van der Waals surface area contributed by atoms with Gasteiger partial charge in [0.25, 0.3) is 0 Å². The predicted molar refractivity (Wildman–Crippen MR) is 57.6 cm³/mol. The van der Waals surface area contributed by atoms with Crippen LogP contribution in [0, 0.1) is 0 Å². The molecular formula is C9H11NO2S2. The van der Waals surface area contributed by atoms with Crippen molar-refractivity contribution in [3.05, 3.63) is 29.8 Å². The summed E-state index contributed by atoms with van der Waals surface area (Å²) in [6, 6.07) is 7.06. The minimum Gasteiger partial charge on any atom is -0.207 e. The first-order valence-corrected chi connectivity index (χ1v) is 6.27. The standard InChI is InChI=1S/C9H11NO2S2/c1-7(13)10-6-8-4-2-3-5-9(8)14(10,11)12/h2-5,7,13H,6H2,1H3. The lowest BCUT2D eigenvalue weighted by atomic mass is 10.2. The normalized spacial score (nSPS) is 21.9. The van der Waals surface area contributed by atoms with Gasteiger partial charge in [0.2, 0.25) is 10.0 Å². The number of thiol groups is 1. The Labute approximate surface area is 89.2 Å². The maximum Gasteiger partial charge on any atom is 0.244 e. The molecule has 0 spiro atoms. The third-order valence-electron chi connectivity index (χ3n) is 2.30. The molecule has 3 nitrogen and oxygen atoms in total. The van der Waals surface area contributed by atoms with E-state index in [0.717, 1.165) is 5.56 Å². The van der Waals surface area contributed by atoms with Crippen molar-refractivity contribution >= 4 is 22.7 Å². The van der Waals surface area contributed by atoms with Gasteiger partial charge in [0, 0.05) is 6.54 Å². The average Bonchev–Trinajstić information content (AvgIpc) is 2.39. The minimum atomic E-state index is -3.29. The summed E-state index contributed by atoms with van der Waals surface area (Å²) >= 11 is 4.16. The Hall–Kier alpha value is -0.520. The van der Waals surface area contributed by atoms with Crippen molar-refractivity contribution < 1.29 is 8.42 Å². The van der Waals surface area contributed by atoms with E-state index in [0.29, 0.717) is 11.4 Å². The average molecular weight is 229 g/mol. The smallest absolute Gasteiger partial charge is 0.207 e. The lowest BCUT2D eigenvalue weighted by molar-refractivity contribution is 0.421. The van der Waals surface area contributed by atoms with E-state index in [-0.39, 0.29) is 5.37 Å². The number of fused-ring (bicyclic) bond motifs is 1. The molecule has 1 aliphatic heterocycles. The highest BCUT2D eigenvalue weighted by molar-refractivity contribution is 7.90. The molecule has 1 aromatic rings. The highest BCUT2D eigenvalue weighted by atomic mass is 32.2. The van der Waals surface area contributed by atoms with E-state index in [1.807, 2.05) is 12.1 Å². The van der Waals surface area contributed by atoms with Crippen molar-refractivity contribution in [2.24, 2.45) is 0 Å². The van der Waals surface area contributed by atoms with Crippen molar-refractivity contribution in [1.82, 2.24) is 4.31 Å². The largest absolute Gasteiger partial charge is 0.244 e. The molecule has 0 saturated heterocycles.